The van der Waals surface area contributed by atoms with Crippen LogP contribution in [0.1, 0.15) is 119 Å². The zero-order valence-electron chi connectivity index (χ0n) is 37.1. The van der Waals surface area contributed by atoms with Gasteiger partial charge in [0.15, 0.2) is 18.9 Å². The van der Waals surface area contributed by atoms with Gasteiger partial charge >= 0.3 is 0 Å². The second-order valence-corrected chi connectivity index (χ2v) is 21.0. The molecule has 0 spiro atoms. The highest BCUT2D eigenvalue weighted by Crippen LogP contribution is 2.68. The van der Waals surface area contributed by atoms with Gasteiger partial charge in [0.2, 0.25) is 0 Å². The molecule has 3 aliphatic heterocycles. The Morgan fingerprint density at radius 1 is 0.817 bits per heavy atom. The molecule has 0 radical (unpaired) electrons. The molecule has 22 atom stereocenters. The molecule has 3 saturated carbocycles. The lowest BCUT2D eigenvalue weighted by molar-refractivity contribution is -0.365. The number of hydrogen-bond acceptors (Lipinski definition) is 14. The summed E-state index contributed by atoms with van der Waals surface area (Å²) in [5.41, 5.74) is -0.0895. The van der Waals surface area contributed by atoms with Crippen molar-refractivity contribution in [1.29, 1.82) is 0 Å². The smallest absolute Gasteiger partial charge is 0.187 e. The van der Waals surface area contributed by atoms with Gasteiger partial charge in [-0.1, -0.05) is 66.0 Å². The summed E-state index contributed by atoms with van der Waals surface area (Å²) in [5.74, 6) is 5.12. The van der Waals surface area contributed by atoms with Crippen molar-refractivity contribution in [3.05, 3.63) is 11.6 Å². The van der Waals surface area contributed by atoms with E-state index in [-0.39, 0.29) is 18.6 Å². The molecule has 3 heterocycles. The quantitative estimate of drug-likeness (QED) is 0.118. The summed E-state index contributed by atoms with van der Waals surface area (Å²) in [5, 5.41) is 85.1. The molecule has 7 rings (SSSR count). The number of rotatable bonds is 14. The fourth-order valence-electron chi connectivity index (χ4n) is 13.4. The Bertz CT molecular complexity index is 1470. The fourth-order valence-corrected chi connectivity index (χ4v) is 13.4. The van der Waals surface area contributed by atoms with E-state index in [0.29, 0.717) is 23.7 Å². The SMILES string of the molecule is CC[C@H](CC[C@@H](C)[C@H]1CC[C@H]2[C@@H]3CCC4=C[C@@H](O[C@@H]5[C@@H](O)[C@H](O[C@@H]6O[C@@H](C)[C@H](O)[C@@H](O)[C@H]6O)[C@@H](O)O[C@H]5CO[C@@H]5OC[C@](O)(CO)[C@H]5O)CC[C@]4(C)[C@H]3CC[C@]12C)C(C)C. The van der Waals surface area contributed by atoms with Crippen LogP contribution < -0.4 is 0 Å². The van der Waals surface area contributed by atoms with Crippen LogP contribution >= 0.6 is 0 Å². The molecule has 0 aromatic carbocycles. The predicted molar refractivity (Wildman–Crippen MR) is 219 cm³/mol. The monoisotopic (exact) mass is 855 g/mol. The molecule has 0 unspecified atom stereocenters. The Morgan fingerprint density at radius 3 is 2.25 bits per heavy atom. The van der Waals surface area contributed by atoms with Gasteiger partial charge in [-0.15, -0.1) is 0 Å². The zero-order chi connectivity index (χ0) is 43.5. The molecule has 14 nitrogen and oxygen atoms in total. The van der Waals surface area contributed by atoms with E-state index in [1.54, 1.807) is 0 Å². The Hall–Kier alpha value is -0.820. The van der Waals surface area contributed by atoms with Crippen LogP contribution in [0.5, 0.6) is 0 Å². The third kappa shape index (κ3) is 8.68. The first-order valence-electron chi connectivity index (χ1n) is 23.3. The Morgan fingerprint density at radius 2 is 1.57 bits per heavy atom. The molecule has 8 N–H and O–H groups in total. The number of allylic oxidation sites excluding steroid dienone is 1. The summed E-state index contributed by atoms with van der Waals surface area (Å²) in [6, 6.07) is 0. The van der Waals surface area contributed by atoms with Crippen molar-refractivity contribution in [2.75, 3.05) is 19.8 Å². The average Bonchev–Trinajstić information content (AvgIpc) is 3.72. The summed E-state index contributed by atoms with van der Waals surface area (Å²) in [6.45, 7) is 14.8. The summed E-state index contributed by atoms with van der Waals surface area (Å²) in [4.78, 5) is 0. The standard InChI is InChI=1S/C46H78O14/c1-8-26(23(2)3)10-9-24(4)30-13-14-31-29-12-11-27-19-28(15-17-44(27,6)32(29)16-18-45(30,31)7)58-38-33(20-55-43-40(52)46(54,21-47)22-56-43)59-41(53)39(37(38)51)60-42-36(50)35(49)34(48)25(5)57-42/h19,23-26,28-43,47-54H,8-18,20-22H2,1-7H3/t24-,25+,26-,28+,29+,30-,31+,32+,33+,34+,35-,36-,37-,38+,39+,40+,41+,42+,43-,44+,45-,46-/m1/s1. The lowest BCUT2D eigenvalue weighted by atomic mass is 9.46. The Labute approximate surface area is 356 Å². The molecule has 4 aliphatic carbocycles. The van der Waals surface area contributed by atoms with Crippen molar-refractivity contribution < 1.29 is 69.3 Å². The van der Waals surface area contributed by atoms with E-state index >= 15 is 0 Å². The summed E-state index contributed by atoms with van der Waals surface area (Å²) >= 11 is 0. The van der Waals surface area contributed by atoms with Gasteiger partial charge in [-0.25, -0.2) is 0 Å². The Kier molecular flexibility index (Phi) is 14.6. The van der Waals surface area contributed by atoms with E-state index in [2.05, 4.69) is 47.6 Å². The molecular formula is C46H78O14. The van der Waals surface area contributed by atoms with Crippen LogP contribution in [0.25, 0.3) is 0 Å². The minimum atomic E-state index is -1.91. The normalized spacial score (nSPS) is 50.5. The molecule has 60 heavy (non-hydrogen) atoms. The largest absolute Gasteiger partial charge is 0.393 e. The molecule has 3 saturated heterocycles. The maximum absolute atomic E-state index is 11.9. The van der Waals surface area contributed by atoms with Gasteiger partial charge in [0.25, 0.3) is 0 Å². The third-order valence-corrected chi connectivity index (χ3v) is 17.4. The van der Waals surface area contributed by atoms with E-state index in [1.807, 2.05) is 0 Å². The molecule has 0 aromatic rings. The average molecular weight is 855 g/mol. The van der Waals surface area contributed by atoms with E-state index in [1.165, 1.54) is 57.4 Å². The lowest BCUT2D eigenvalue weighted by Gasteiger charge is -2.59. The van der Waals surface area contributed by atoms with E-state index in [9.17, 15) is 40.9 Å². The number of aliphatic hydroxyl groups excluding tert-OH is 7. The van der Waals surface area contributed by atoms with Gasteiger partial charge in [0, 0.05) is 0 Å². The van der Waals surface area contributed by atoms with Crippen molar-refractivity contribution >= 4 is 0 Å². The molecule has 0 amide bonds. The van der Waals surface area contributed by atoms with E-state index in [4.69, 9.17) is 28.4 Å². The van der Waals surface area contributed by atoms with Crippen LogP contribution in [-0.2, 0) is 28.4 Å². The molecule has 0 aromatic heterocycles. The first-order chi connectivity index (χ1) is 28.4. The number of ether oxygens (including phenoxy) is 6. The minimum absolute atomic E-state index is 0.0431. The van der Waals surface area contributed by atoms with Gasteiger partial charge in [-0.2, -0.15) is 0 Å². The second-order valence-electron chi connectivity index (χ2n) is 21.0. The maximum atomic E-state index is 11.9. The van der Waals surface area contributed by atoms with Crippen LogP contribution in [0, 0.1) is 52.3 Å². The van der Waals surface area contributed by atoms with Gasteiger partial charge in [0.1, 0.15) is 54.4 Å². The zero-order valence-corrected chi connectivity index (χ0v) is 37.1. The highest BCUT2D eigenvalue weighted by Gasteiger charge is 2.60. The highest BCUT2D eigenvalue weighted by molar-refractivity contribution is 5.26. The van der Waals surface area contributed by atoms with Crippen LogP contribution in [0.3, 0.4) is 0 Å². The molecule has 346 valence electrons. The van der Waals surface area contributed by atoms with Crippen LogP contribution in [0.2, 0.25) is 0 Å². The number of fused-ring (bicyclic) bond motifs is 5. The summed E-state index contributed by atoms with van der Waals surface area (Å²) < 4.78 is 35.5. The van der Waals surface area contributed by atoms with Gasteiger partial charge in [-0.3, -0.25) is 0 Å². The fraction of sp³-hybridized carbons (Fsp3) is 0.957. The summed E-state index contributed by atoms with van der Waals surface area (Å²) in [7, 11) is 0. The van der Waals surface area contributed by atoms with Gasteiger partial charge in [-0.05, 0) is 117 Å². The van der Waals surface area contributed by atoms with Gasteiger partial charge < -0.3 is 69.3 Å². The van der Waals surface area contributed by atoms with E-state index < -0.39 is 92.1 Å². The number of aliphatic hydroxyl groups is 8. The highest BCUT2D eigenvalue weighted by atomic mass is 16.7. The molecule has 0 bridgehead atoms. The molecule has 7 aliphatic rings. The third-order valence-electron chi connectivity index (χ3n) is 17.4. The van der Waals surface area contributed by atoms with Crippen molar-refractivity contribution in [3.8, 4) is 0 Å². The molecule has 14 heteroatoms. The van der Waals surface area contributed by atoms with Crippen molar-refractivity contribution in [3.63, 3.8) is 0 Å². The van der Waals surface area contributed by atoms with Crippen LogP contribution in [0.15, 0.2) is 11.6 Å². The topological polar surface area (TPSA) is 217 Å². The minimum Gasteiger partial charge on any atom is -0.393 e. The van der Waals surface area contributed by atoms with Crippen molar-refractivity contribution in [2.24, 2.45) is 52.3 Å². The predicted octanol–water partition coefficient (Wildman–Crippen LogP) is 3.17. The van der Waals surface area contributed by atoms with Crippen molar-refractivity contribution in [1.82, 2.24) is 0 Å². The number of hydrogen-bond donors (Lipinski definition) is 8. The molecule has 6 fully saturated rings. The molecular weight excluding hydrogens is 776 g/mol. The summed E-state index contributed by atoms with van der Waals surface area (Å²) in [6.07, 6.45) is -2.32. The van der Waals surface area contributed by atoms with Crippen LogP contribution in [-0.4, -0.2) is 146 Å². The van der Waals surface area contributed by atoms with Crippen molar-refractivity contribution in [2.45, 2.75) is 205 Å². The Balaban J connectivity index is 1.05. The van der Waals surface area contributed by atoms with Crippen LogP contribution in [0.4, 0.5) is 0 Å². The second kappa shape index (κ2) is 18.6. The van der Waals surface area contributed by atoms with E-state index in [0.717, 1.165) is 48.9 Å². The first-order valence-corrected chi connectivity index (χ1v) is 23.3. The maximum Gasteiger partial charge on any atom is 0.187 e. The lowest BCUT2D eigenvalue weighted by Crippen LogP contribution is -2.64. The van der Waals surface area contributed by atoms with Gasteiger partial charge in [0.05, 0.1) is 32.0 Å². The first kappa shape index (κ1) is 47.2.